The maximum Gasteiger partial charge on any atom is 0.415 e. The molecule has 2 aromatic rings. The summed E-state index contributed by atoms with van der Waals surface area (Å²) in [5.41, 5.74) is 0.592. The largest absolute Gasteiger partial charge is 0.415 e. The normalized spacial score (nSPS) is 22.2. The lowest BCUT2D eigenvalue weighted by Crippen LogP contribution is -2.46. The standard InChI is InChI=1S/C28H30Cl3FN4O4/c1-28(7-8-28)26(38)35-9-5-16(6-10-35)25(37)36-14-19(17-3-4-20(29)21(30)11-17)22(15-36)34(2)27(39)40-23-12-18(32)13-33-24(23)31/h3-4,11-13,16,19,22H,5-10,14-15H2,1-2H3. The predicted octanol–water partition coefficient (Wildman–Crippen LogP) is 5.64. The number of carbonyl (C=O) groups excluding carboxylic acids is 3. The molecule has 8 nitrogen and oxygen atoms in total. The van der Waals surface area contributed by atoms with E-state index >= 15 is 0 Å². The molecule has 0 N–H and O–H groups in total. The van der Waals surface area contributed by atoms with E-state index < -0.39 is 18.0 Å². The third-order valence-corrected chi connectivity index (χ3v) is 9.40. The van der Waals surface area contributed by atoms with Gasteiger partial charge in [0, 0.05) is 56.5 Å². The number of rotatable bonds is 5. The number of benzene rings is 1. The molecular weight excluding hydrogens is 582 g/mol. The van der Waals surface area contributed by atoms with Crippen LogP contribution in [0, 0.1) is 17.2 Å². The Labute approximate surface area is 247 Å². The molecule has 0 radical (unpaired) electrons. The Hall–Kier alpha value is -2.62. The Morgan fingerprint density at radius 2 is 1.75 bits per heavy atom. The number of nitrogens with zero attached hydrogens (tertiary/aromatic N) is 4. The lowest BCUT2D eigenvalue weighted by atomic mass is 9.93. The second kappa shape index (κ2) is 11.3. The number of piperidine rings is 1. The lowest BCUT2D eigenvalue weighted by molar-refractivity contribution is -0.142. The molecule has 2 atom stereocenters. The van der Waals surface area contributed by atoms with Crippen molar-refractivity contribution in [3.8, 4) is 5.75 Å². The fourth-order valence-electron chi connectivity index (χ4n) is 5.58. The third kappa shape index (κ3) is 5.87. The minimum absolute atomic E-state index is 0.00330. The van der Waals surface area contributed by atoms with Gasteiger partial charge in [0.05, 0.1) is 22.3 Å². The van der Waals surface area contributed by atoms with Crippen molar-refractivity contribution in [3.05, 3.63) is 57.0 Å². The van der Waals surface area contributed by atoms with E-state index in [1.165, 1.54) is 4.90 Å². The van der Waals surface area contributed by atoms with Crippen molar-refractivity contribution in [1.29, 1.82) is 0 Å². The summed E-state index contributed by atoms with van der Waals surface area (Å²) in [6.07, 6.45) is 3.21. The molecule has 1 aromatic heterocycles. The maximum atomic E-state index is 13.7. The average molecular weight is 612 g/mol. The predicted molar refractivity (Wildman–Crippen MR) is 149 cm³/mol. The van der Waals surface area contributed by atoms with Crippen molar-refractivity contribution < 1.29 is 23.5 Å². The summed E-state index contributed by atoms with van der Waals surface area (Å²) in [7, 11) is 1.56. The number of aromatic nitrogens is 1. The van der Waals surface area contributed by atoms with Crippen LogP contribution in [0.25, 0.3) is 0 Å². The Kier molecular flexibility index (Phi) is 8.19. The van der Waals surface area contributed by atoms with Crippen LogP contribution in [0.3, 0.4) is 0 Å². The lowest BCUT2D eigenvalue weighted by Gasteiger charge is -2.34. The van der Waals surface area contributed by atoms with E-state index in [-0.39, 0.29) is 46.5 Å². The third-order valence-electron chi connectivity index (χ3n) is 8.38. The second-order valence-corrected chi connectivity index (χ2v) is 12.3. The first-order valence-electron chi connectivity index (χ1n) is 13.3. The number of hydrogen-bond acceptors (Lipinski definition) is 5. The van der Waals surface area contributed by atoms with Crippen LogP contribution in [-0.4, -0.2) is 76.9 Å². The summed E-state index contributed by atoms with van der Waals surface area (Å²) in [4.78, 5) is 48.3. The van der Waals surface area contributed by atoms with Crippen molar-refractivity contribution in [1.82, 2.24) is 19.7 Å². The van der Waals surface area contributed by atoms with Crippen LogP contribution in [-0.2, 0) is 9.59 Å². The van der Waals surface area contributed by atoms with E-state index in [9.17, 15) is 18.8 Å². The smallest absolute Gasteiger partial charge is 0.407 e. The number of hydrogen-bond donors (Lipinski definition) is 0. The van der Waals surface area contributed by atoms with E-state index in [1.807, 2.05) is 17.9 Å². The fourth-order valence-corrected chi connectivity index (χ4v) is 6.03. The highest BCUT2D eigenvalue weighted by molar-refractivity contribution is 6.42. The van der Waals surface area contributed by atoms with Gasteiger partial charge in [-0.2, -0.15) is 0 Å². The Bertz CT molecular complexity index is 1330. The van der Waals surface area contributed by atoms with Crippen LogP contribution in [0.2, 0.25) is 15.2 Å². The van der Waals surface area contributed by atoms with Gasteiger partial charge in [-0.3, -0.25) is 9.59 Å². The van der Waals surface area contributed by atoms with Gasteiger partial charge in [-0.25, -0.2) is 14.2 Å². The number of likely N-dealkylation sites (tertiary alicyclic amines) is 2. The first-order chi connectivity index (χ1) is 19.0. The summed E-state index contributed by atoms with van der Waals surface area (Å²) < 4.78 is 19.1. The first-order valence-corrected chi connectivity index (χ1v) is 14.4. The Morgan fingerprint density at radius 3 is 2.40 bits per heavy atom. The van der Waals surface area contributed by atoms with Gasteiger partial charge in [0.25, 0.3) is 0 Å². The molecule has 5 rings (SSSR count). The number of likely N-dealkylation sites (N-methyl/N-ethyl adjacent to an activating group) is 1. The zero-order chi connectivity index (χ0) is 28.8. The Balaban J connectivity index is 1.31. The first kappa shape index (κ1) is 28.9. The SMILES string of the molecule is CN(C(=O)Oc1cc(F)cnc1Cl)C1CN(C(=O)C2CCN(C(=O)C3(C)CC3)CC2)CC1c1ccc(Cl)c(Cl)c1. The molecule has 0 bridgehead atoms. The quantitative estimate of drug-likeness (QED) is 0.409. The molecule has 3 fully saturated rings. The molecule has 1 aromatic carbocycles. The molecule has 12 heteroatoms. The molecule has 3 aliphatic rings. The highest BCUT2D eigenvalue weighted by atomic mass is 35.5. The molecule has 2 unspecified atom stereocenters. The number of pyridine rings is 1. The molecule has 0 spiro atoms. The summed E-state index contributed by atoms with van der Waals surface area (Å²) in [5.74, 6) is -1.20. The zero-order valence-corrected chi connectivity index (χ0v) is 24.5. The van der Waals surface area contributed by atoms with E-state index in [1.54, 1.807) is 24.1 Å². The average Bonchev–Trinajstić information content (AvgIpc) is 3.54. The van der Waals surface area contributed by atoms with Crippen LogP contribution in [0.5, 0.6) is 5.75 Å². The topological polar surface area (TPSA) is 83.1 Å². The summed E-state index contributed by atoms with van der Waals surface area (Å²) in [6.45, 7) is 3.75. The molecule has 2 saturated heterocycles. The van der Waals surface area contributed by atoms with Gasteiger partial charge < -0.3 is 19.4 Å². The summed E-state index contributed by atoms with van der Waals surface area (Å²) >= 11 is 18.4. The van der Waals surface area contributed by atoms with Crippen molar-refractivity contribution in [3.63, 3.8) is 0 Å². The number of halogens is 4. The molecule has 2 aliphatic heterocycles. The molecular formula is C28H30Cl3FN4O4. The van der Waals surface area contributed by atoms with Crippen molar-refractivity contribution in [2.45, 2.75) is 44.6 Å². The van der Waals surface area contributed by atoms with E-state index in [4.69, 9.17) is 39.5 Å². The van der Waals surface area contributed by atoms with Crippen molar-refractivity contribution in [2.24, 2.45) is 11.3 Å². The molecule has 1 aliphatic carbocycles. The minimum Gasteiger partial charge on any atom is -0.407 e. The van der Waals surface area contributed by atoms with Gasteiger partial charge >= 0.3 is 6.09 Å². The fraction of sp³-hybridized carbons (Fsp3) is 0.500. The van der Waals surface area contributed by atoms with Crippen LogP contribution >= 0.6 is 34.8 Å². The molecule has 1 saturated carbocycles. The molecule has 40 heavy (non-hydrogen) atoms. The van der Waals surface area contributed by atoms with Gasteiger partial charge in [0.15, 0.2) is 10.9 Å². The van der Waals surface area contributed by atoms with Gasteiger partial charge in [-0.1, -0.05) is 47.8 Å². The summed E-state index contributed by atoms with van der Waals surface area (Å²) in [5, 5.41) is 0.620. The zero-order valence-electron chi connectivity index (χ0n) is 22.2. The van der Waals surface area contributed by atoms with Crippen molar-refractivity contribution >= 4 is 52.7 Å². The van der Waals surface area contributed by atoms with Crippen LogP contribution in [0.15, 0.2) is 30.5 Å². The highest BCUT2D eigenvalue weighted by Crippen LogP contribution is 2.47. The highest BCUT2D eigenvalue weighted by Gasteiger charge is 2.48. The molecule has 214 valence electrons. The number of ether oxygens (including phenoxy) is 1. The number of carbonyl (C=O) groups is 3. The second-order valence-electron chi connectivity index (χ2n) is 11.1. The van der Waals surface area contributed by atoms with E-state index in [0.29, 0.717) is 42.5 Å². The summed E-state index contributed by atoms with van der Waals surface area (Å²) in [6, 6.07) is 5.78. The van der Waals surface area contributed by atoms with Crippen LogP contribution < -0.4 is 4.74 Å². The van der Waals surface area contributed by atoms with Gasteiger partial charge in [0.1, 0.15) is 5.82 Å². The minimum atomic E-state index is -0.765. The Morgan fingerprint density at radius 1 is 1.05 bits per heavy atom. The van der Waals surface area contributed by atoms with Gasteiger partial charge in [0.2, 0.25) is 11.8 Å². The van der Waals surface area contributed by atoms with Crippen LogP contribution in [0.4, 0.5) is 9.18 Å². The molecule has 3 amide bonds. The molecule has 3 heterocycles. The van der Waals surface area contributed by atoms with Crippen molar-refractivity contribution in [2.75, 3.05) is 33.2 Å². The maximum absolute atomic E-state index is 13.7. The number of amides is 3. The van der Waals surface area contributed by atoms with E-state index in [2.05, 4.69) is 4.98 Å². The van der Waals surface area contributed by atoms with Crippen LogP contribution in [0.1, 0.15) is 44.1 Å². The van der Waals surface area contributed by atoms with Gasteiger partial charge in [-0.05, 0) is 43.4 Å². The van der Waals surface area contributed by atoms with Gasteiger partial charge in [-0.15, -0.1) is 0 Å². The van der Waals surface area contributed by atoms with E-state index in [0.717, 1.165) is 30.7 Å². The monoisotopic (exact) mass is 610 g/mol.